The zero-order chi connectivity index (χ0) is 21.7. The molecule has 0 fully saturated rings. The fraction of sp³-hybridized carbons (Fsp3) is 0.348. The van der Waals surface area contributed by atoms with Crippen LogP contribution in [-0.2, 0) is 14.4 Å². The van der Waals surface area contributed by atoms with Gasteiger partial charge < -0.3 is 15.5 Å². The number of nitrogens with one attached hydrogen (secondary N) is 2. The average Bonchev–Trinajstić information content (AvgIpc) is 2.83. The van der Waals surface area contributed by atoms with Crippen molar-refractivity contribution in [3.8, 4) is 0 Å². The highest BCUT2D eigenvalue weighted by molar-refractivity contribution is 6.05. The first-order valence-electron chi connectivity index (χ1n) is 10.2. The highest BCUT2D eigenvalue weighted by Gasteiger charge is 2.31. The molecule has 2 aromatic carbocycles. The molecule has 7 nitrogen and oxygen atoms in total. The Hall–Kier alpha value is -3.19. The van der Waals surface area contributed by atoms with E-state index >= 15 is 0 Å². The van der Waals surface area contributed by atoms with E-state index in [1.54, 1.807) is 22.9 Å². The quantitative estimate of drug-likeness (QED) is 0.770. The van der Waals surface area contributed by atoms with E-state index in [9.17, 15) is 14.4 Å². The van der Waals surface area contributed by atoms with Crippen molar-refractivity contribution < 1.29 is 14.4 Å². The lowest BCUT2D eigenvalue weighted by Crippen LogP contribution is -2.49. The number of carbonyl (C=O) groups is 3. The second kappa shape index (κ2) is 9.54. The molecule has 158 valence electrons. The molecule has 0 spiro atoms. The van der Waals surface area contributed by atoms with E-state index in [-0.39, 0.29) is 36.7 Å². The second-order valence-corrected chi connectivity index (χ2v) is 7.58. The van der Waals surface area contributed by atoms with Gasteiger partial charge in [-0.1, -0.05) is 37.3 Å². The molecule has 0 bridgehead atoms. The summed E-state index contributed by atoms with van der Waals surface area (Å²) in [5.41, 5.74) is 2.02. The van der Waals surface area contributed by atoms with Gasteiger partial charge in [0, 0.05) is 18.2 Å². The predicted octanol–water partition coefficient (Wildman–Crippen LogP) is 3.10. The van der Waals surface area contributed by atoms with Crippen molar-refractivity contribution in [2.45, 2.75) is 38.8 Å². The lowest BCUT2D eigenvalue weighted by atomic mass is 10.1. The molecule has 2 atom stereocenters. The third-order valence-electron chi connectivity index (χ3n) is 5.28. The lowest BCUT2D eigenvalue weighted by Gasteiger charge is -2.32. The maximum Gasteiger partial charge on any atom is 0.241 e. The van der Waals surface area contributed by atoms with Crippen LogP contribution in [0.3, 0.4) is 0 Å². The Morgan fingerprint density at radius 1 is 1.17 bits per heavy atom. The van der Waals surface area contributed by atoms with Crippen LogP contribution < -0.4 is 15.5 Å². The maximum absolute atomic E-state index is 13.3. The molecule has 0 radical (unpaired) electrons. The van der Waals surface area contributed by atoms with Crippen LogP contribution in [0.4, 0.5) is 17.1 Å². The van der Waals surface area contributed by atoms with Gasteiger partial charge in [-0.05, 0) is 44.7 Å². The van der Waals surface area contributed by atoms with Crippen LogP contribution in [0.25, 0.3) is 0 Å². The number of nitrogens with zero attached hydrogens (tertiary/aromatic N) is 2. The minimum absolute atomic E-state index is 0.0631. The fourth-order valence-corrected chi connectivity index (χ4v) is 3.81. The Kier molecular flexibility index (Phi) is 6.84. The Balaban J connectivity index is 1.75. The summed E-state index contributed by atoms with van der Waals surface area (Å²) >= 11 is 0. The SMILES string of the molecule is CC[C@@H](C(=O)Nc1ccccc1)N(C)CC(=O)N1c2ccccc2NC(=O)C[C@@H]1C. The molecule has 2 aromatic rings. The van der Waals surface area contributed by atoms with Gasteiger partial charge >= 0.3 is 0 Å². The molecule has 1 aliphatic heterocycles. The number of fused-ring (bicyclic) bond motifs is 1. The molecule has 0 saturated heterocycles. The first kappa shape index (κ1) is 21.5. The third-order valence-corrected chi connectivity index (χ3v) is 5.28. The van der Waals surface area contributed by atoms with Crippen LogP contribution in [0.2, 0.25) is 0 Å². The summed E-state index contributed by atoms with van der Waals surface area (Å²) in [5.74, 6) is -0.424. The standard InChI is InChI=1S/C23H28N4O3/c1-4-19(23(30)24-17-10-6-5-7-11-17)26(3)15-22(29)27-16(2)14-21(28)25-18-12-8-9-13-20(18)27/h5-13,16,19H,4,14-15H2,1-3H3,(H,24,30)(H,25,28)/t16-,19-/m0/s1. The zero-order valence-corrected chi connectivity index (χ0v) is 17.6. The van der Waals surface area contributed by atoms with Gasteiger partial charge in [0.2, 0.25) is 17.7 Å². The molecule has 0 unspecified atom stereocenters. The minimum atomic E-state index is -0.452. The smallest absolute Gasteiger partial charge is 0.241 e. The summed E-state index contributed by atoms with van der Waals surface area (Å²) in [4.78, 5) is 41.6. The number of amides is 3. The van der Waals surface area contributed by atoms with Gasteiger partial charge in [0.15, 0.2) is 0 Å². The predicted molar refractivity (Wildman–Crippen MR) is 118 cm³/mol. The fourth-order valence-electron chi connectivity index (χ4n) is 3.81. The molecular formula is C23H28N4O3. The van der Waals surface area contributed by atoms with E-state index in [4.69, 9.17) is 0 Å². The highest BCUT2D eigenvalue weighted by atomic mass is 16.2. The molecule has 3 amide bonds. The number of carbonyl (C=O) groups excluding carboxylic acids is 3. The van der Waals surface area contributed by atoms with E-state index in [0.717, 1.165) is 5.69 Å². The van der Waals surface area contributed by atoms with E-state index in [1.807, 2.05) is 62.4 Å². The van der Waals surface area contributed by atoms with Crippen LogP contribution in [0.1, 0.15) is 26.7 Å². The van der Waals surface area contributed by atoms with Crippen molar-refractivity contribution >= 4 is 34.8 Å². The molecule has 30 heavy (non-hydrogen) atoms. The molecule has 2 N–H and O–H groups in total. The monoisotopic (exact) mass is 408 g/mol. The number of hydrogen-bond donors (Lipinski definition) is 2. The largest absolute Gasteiger partial charge is 0.325 e. The number of anilines is 3. The number of hydrogen-bond acceptors (Lipinski definition) is 4. The molecule has 0 aromatic heterocycles. The van der Waals surface area contributed by atoms with E-state index in [0.29, 0.717) is 17.8 Å². The Labute approximate surface area is 177 Å². The van der Waals surface area contributed by atoms with Crippen LogP contribution in [-0.4, -0.2) is 48.3 Å². The Morgan fingerprint density at radius 3 is 2.53 bits per heavy atom. The molecular weight excluding hydrogens is 380 g/mol. The molecule has 3 rings (SSSR count). The summed E-state index contributed by atoms with van der Waals surface area (Å²) in [6.45, 7) is 3.84. The van der Waals surface area contributed by atoms with E-state index in [2.05, 4.69) is 10.6 Å². The van der Waals surface area contributed by atoms with Crippen LogP contribution in [0.15, 0.2) is 54.6 Å². The Morgan fingerprint density at radius 2 is 1.83 bits per heavy atom. The molecule has 0 saturated carbocycles. The zero-order valence-electron chi connectivity index (χ0n) is 17.6. The average molecular weight is 409 g/mol. The van der Waals surface area contributed by atoms with Crippen molar-refractivity contribution in [3.63, 3.8) is 0 Å². The van der Waals surface area contributed by atoms with E-state index in [1.165, 1.54) is 0 Å². The van der Waals surface area contributed by atoms with Gasteiger partial charge in [-0.25, -0.2) is 0 Å². The first-order valence-corrected chi connectivity index (χ1v) is 10.2. The highest BCUT2D eigenvalue weighted by Crippen LogP contribution is 2.31. The van der Waals surface area contributed by atoms with Gasteiger partial charge in [0.1, 0.15) is 0 Å². The van der Waals surface area contributed by atoms with Crippen molar-refractivity contribution in [2.24, 2.45) is 0 Å². The molecule has 0 aliphatic carbocycles. The van der Waals surface area contributed by atoms with Crippen molar-refractivity contribution in [3.05, 3.63) is 54.6 Å². The summed E-state index contributed by atoms with van der Waals surface area (Å²) in [7, 11) is 1.77. The van der Waals surface area contributed by atoms with Crippen molar-refractivity contribution in [1.82, 2.24) is 4.90 Å². The van der Waals surface area contributed by atoms with Crippen LogP contribution >= 0.6 is 0 Å². The molecule has 7 heteroatoms. The van der Waals surface area contributed by atoms with Gasteiger partial charge in [-0.3, -0.25) is 19.3 Å². The lowest BCUT2D eigenvalue weighted by molar-refractivity contribution is -0.124. The Bertz CT molecular complexity index is 916. The number of benzene rings is 2. The summed E-state index contributed by atoms with van der Waals surface area (Å²) in [6.07, 6.45) is 0.782. The maximum atomic E-state index is 13.3. The van der Waals surface area contributed by atoms with Gasteiger partial charge in [-0.15, -0.1) is 0 Å². The topological polar surface area (TPSA) is 81.8 Å². The first-order chi connectivity index (χ1) is 14.4. The van der Waals surface area contributed by atoms with Crippen LogP contribution in [0.5, 0.6) is 0 Å². The summed E-state index contributed by atoms with van der Waals surface area (Å²) in [5, 5.41) is 5.77. The molecule has 1 aliphatic rings. The van der Waals surface area contributed by atoms with Crippen LogP contribution in [0, 0.1) is 0 Å². The second-order valence-electron chi connectivity index (χ2n) is 7.58. The number of para-hydroxylation sites is 3. The van der Waals surface area contributed by atoms with Crippen molar-refractivity contribution in [2.75, 3.05) is 29.1 Å². The normalized spacial score (nSPS) is 17.0. The van der Waals surface area contributed by atoms with Crippen molar-refractivity contribution in [1.29, 1.82) is 0 Å². The minimum Gasteiger partial charge on any atom is -0.325 e. The van der Waals surface area contributed by atoms with E-state index < -0.39 is 6.04 Å². The number of likely N-dealkylation sites (N-methyl/N-ethyl adjacent to an activating group) is 1. The number of rotatable bonds is 6. The summed E-state index contributed by atoms with van der Waals surface area (Å²) in [6, 6.07) is 15.8. The third kappa shape index (κ3) is 4.86. The van der Waals surface area contributed by atoms with Gasteiger partial charge in [0.25, 0.3) is 0 Å². The van der Waals surface area contributed by atoms with Gasteiger partial charge in [-0.2, -0.15) is 0 Å². The summed E-state index contributed by atoms with van der Waals surface area (Å²) < 4.78 is 0. The van der Waals surface area contributed by atoms with Gasteiger partial charge in [0.05, 0.1) is 24.0 Å². The molecule has 1 heterocycles.